The van der Waals surface area contributed by atoms with E-state index in [1.54, 1.807) is 0 Å². The molecule has 86 valence electrons. The molecule has 1 rings (SSSR count). The molecule has 0 aliphatic heterocycles. The lowest BCUT2D eigenvalue weighted by atomic mass is 9.88. The number of nitrogens with zero attached hydrogens (tertiary/aromatic N) is 2. The van der Waals surface area contributed by atoms with Crippen LogP contribution in [0.1, 0.15) is 40.2 Å². The quantitative estimate of drug-likeness (QED) is 0.825. The monoisotopic (exact) mass is 209 g/mol. The first-order valence-electron chi connectivity index (χ1n) is 5.68. The summed E-state index contributed by atoms with van der Waals surface area (Å²) in [5, 5.41) is 7.77. The van der Waals surface area contributed by atoms with Crippen LogP contribution in [0.2, 0.25) is 0 Å². The van der Waals surface area contributed by atoms with Gasteiger partial charge in [0.25, 0.3) is 0 Å². The molecule has 0 bridgehead atoms. The van der Waals surface area contributed by atoms with Gasteiger partial charge >= 0.3 is 0 Å². The maximum atomic E-state index is 4.25. The number of rotatable bonds is 4. The standard InChI is InChI=1S/C12H23N3/c1-6-15-9-11(8-14-15)7-13-10(2)12(3,4)5/h8-10,13H,6-7H2,1-5H3. The molecular formula is C12H23N3. The van der Waals surface area contributed by atoms with Gasteiger partial charge < -0.3 is 5.32 Å². The Kier molecular flexibility index (Phi) is 3.91. The first kappa shape index (κ1) is 12.2. The first-order chi connectivity index (χ1) is 6.93. The summed E-state index contributed by atoms with van der Waals surface area (Å²) in [6, 6.07) is 0.502. The van der Waals surface area contributed by atoms with Crippen LogP contribution < -0.4 is 5.32 Å². The van der Waals surface area contributed by atoms with Crippen LogP contribution >= 0.6 is 0 Å². The molecule has 0 aliphatic rings. The van der Waals surface area contributed by atoms with Crippen LogP contribution in [-0.2, 0) is 13.1 Å². The second-order valence-corrected chi connectivity index (χ2v) is 5.17. The molecule has 0 amide bonds. The number of aryl methyl sites for hydroxylation is 1. The molecule has 0 saturated carbocycles. The van der Waals surface area contributed by atoms with Crippen molar-refractivity contribution in [3.05, 3.63) is 18.0 Å². The highest BCUT2D eigenvalue weighted by Crippen LogP contribution is 2.18. The maximum Gasteiger partial charge on any atom is 0.0534 e. The van der Waals surface area contributed by atoms with Crippen molar-refractivity contribution in [3.8, 4) is 0 Å². The lowest BCUT2D eigenvalue weighted by Gasteiger charge is -2.28. The average molecular weight is 209 g/mol. The van der Waals surface area contributed by atoms with Gasteiger partial charge in [-0.25, -0.2) is 0 Å². The van der Waals surface area contributed by atoms with Crippen molar-refractivity contribution in [3.63, 3.8) is 0 Å². The van der Waals surface area contributed by atoms with Gasteiger partial charge in [-0.2, -0.15) is 5.10 Å². The van der Waals surface area contributed by atoms with Crippen molar-refractivity contribution < 1.29 is 0 Å². The van der Waals surface area contributed by atoms with Crippen molar-refractivity contribution >= 4 is 0 Å². The van der Waals surface area contributed by atoms with Crippen LogP contribution in [0.5, 0.6) is 0 Å². The van der Waals surface area contributed by atoms with Gasteiger partial charge in [0.1, 0.15) is 0 Å². The van der Waals surface area contributed by atoms with Gasteiger partial charge in [-0.05, 0) is 19.3 Å². The highest BCUT2D eigenvalue weighted by Gasteiger charge is 2.19. The molecule has 0 aromatic carbocycles. The zero-order chi connectivity index (χ0) is 11.5. The molecule has 1 aromatic rings. The lowest BCUT2D eigenvalue weighted by molar-refractivity contribution is 0.285. The van der Waals surface area contributed by atoms with Crippen LogP contribution in [0.4, 0.5) is 0 Å². The molecule has 1 N–H and O–H groups in total. The fourth-order valence-corrected chi connectivity index (χ4v) is 1.25. The van der Waals surface area contributed by atoms with E-state index in [4.69, 9.17) is 0 Å². The highest BCUT2D eigenvalue weighted by molar-refractivity contribution is 5.03. The Labute approximate surface area is 92.9 Å². The van der Waals surface area contributed by atoms with Crippen molar-refractivity contribution in [2.45, 2.75) is 53.8 Å². The minimum atomic E-state index is 0.306. The molecule has 1 aromatic heterocycles. The summed E-state index contributed by atoms with van der Waals surface area (Å²) in [6.07, 6.45) is 4.04. The Hall–Kier alpha value is -0.830. The minimum Gasteiger partial charge on any atom is -0.310 e. The van der Waals surface area contributed by atoms with Gasteiger partial charge in [-0.15, -0.1) is 0 Å². The lowest BCUT2D eigenvalue weighted by Crippen LogP contribution is -2.37. The van der Waals surface area contributed by atoms with Gasteiger partial charge in [0, 0.05) is 30.9 Å². The minimum absolute atomic E-state index is 0.306. The fourth-order valence-electron chi connectivity index (χ4n) is 1.25. The first-order valence-corrected chi connectivity index (χ1v) is 5.68. The van der Waals surface area contributed by atoms with E-state index in [0.717, 1.165) is 13.1 Å². The molecule has 3 heteroatoms. The van der Waals surface area contributed by atoms with Crippen LogP contribution in [0.3, 0.4) is 0 Å². The summed E-state index contributed by atoms with van der Waals surface area (Å²) >= 11 is 0. The summed E-state index contributed by atoms with van der Waals surface area (Å²) in [4.78, 5) is 0. The van der Waals surface area contributed by atoms with E-state index in [1.807, 2.05) is 10.9 Å². The van der Waals surface area contributed by atoms with Gasteiger partial charge in [0.2, 0.25) is 0 Å². The average Bonchev–Trinajstić information content (AvgIpc) is 2.60. The second kappa shape index (κ2) is 4.79. The third-order valence-electron chi connectivity index (χ3n) is 2.92. The molecule has 1 heterocycles. The SMILES string of the molecule is CCn1cc(CNC(C)C(C)(C)C)cn1. The summed E-state index contributed by atoms with van der Waals surface area (Å²) in [5.74, 6) is 0. The Morgan fingerprint density at radius 1 is 1.47 bits per heavy atom. The van der Waals surface area contributed by atoms with Crippen LogP contribution in [0, 0.1) is 5.41 Å². The zero-order valence-corrected chi connectivity index (χ0v) is 10.5. The summed E-state index contributed by atoms with van der Waals surface area (Å²) < 4.78 is 1.96. The third kappa shape index (κ3) is 3.67. The van der Waals surface area contributed by atoms with Crippen LogP contribution in [0.25, 0.3) is 0 Å². The molecule has 0 spiro atoms. The molecule has 0 radical (unpaired) electrons. The zero-order valence-electron chi connectivity index (χ0n) is 10.5. The van der Waals surface area contributed by atoms with Crippen LogP contribution in [-0.4, -0.2) is 15.8 Å². The van der Waals surface area contributed by atoms with E-state index >= 15 is 0 Å². The maximum absolute atomic E-state index is 4.25. The molecule has 0 aliphatic carbocycles. The molecule has 0 fully saturated rings. The smallest absolute Gasteiger partial charge is 0.0534 e. The van der Waals surface area contributed by atoms with Crippen molar-refractivity contribution in [1.82, 2.24) is 15.1 Å². The van der Waals surface area contributed by atoms with E-state index in [-0.39, 0.29) is 0 Å². The highest BCUT2D eigenvalue weighted by atomic mass is 15.3. The predicted octanol–water partition coefficient (Wildman–Crippen LogP) is 2.43. The predicted molar refractivity (Wildman–Crippen MR) is 63.7 cm³/mol. The van der Waals surface area contributed by atoms with E-state index in [1.165, 1.54) is 5.56 Å². The number of nitrogens with one attached hydrogen (secondary N) is 1. The summed E-state index contributed by atoms with van der Waals surface area (Å²) in [7, 11) is 0. The molecular weight excluding hydrogens is 186 g/mol. The topological polar surface area (TPSA) is 29.9 Å². The van der Waals surface area contributed by atoms with E-state index in [9.17, 15) is 0 Å². The van der Waals surface area contributed by atoms with Gasteiger partial charge in [0.15, 0.2) is 0 Å². The summed E-state index contributed by atoms with van der Waals surface area (Å²) in [6.45, 7) is 12.9. The Balaban J connectivity index is 2.43. The third-order valence-corrected chi connectivity index (χ3v) is 2.92. The van der Waals surface area contributed by atoms with Gasteiger partial charge in [0.05, 0.1) is 6.20 Å². The fraction of sp³-hybridized carbons (Fsp3) is 0.750. The number of hydrogen-bond acceptors (Lipinski definition) is 2. The normalized spacial score (nSPS) is 14.2. The van der Waals surface area contributed by atoms with E-state index in [2.05, 4.69) is 51.2 Å². The van der Waals surface area contributed by atoms with Gasteiger partial charge in [-0.3, -0.25) is 4.68 Å². The molecule has 0 saturated heterocycles. The van der Waals surface area contributed by atoms with Crippen molar-refractivity contribution in [2.75, 3.05) is 0 Å². The molecule has 3 nitrogen and oxygen atoms in total. The molecule has 15 heavy (non-hydrogen) atoms. The van der Waals surface area contributed by atoms with Crippen LogP contribution in [0.15, 0.2) is 12.4 Å². The van der Waals surface area contributed by atoms with E-state index in [0.29, 0.717) is 11.5 Å². The Morgan fingerprint density at radius 2 is 2.13 bits per heavy atom. The summed E-state index contributed by atoms with van der Waals surface area (Å²) in [5.41, 5.74) is 1.56. The van der Waals surface area contributed by atoms with Crippen molar-refractivity contribution in [1.29, 1.82) is 0 Å². The Morgan fingerprint density at radius 3 is 2.60 bits per heavy atom. The second-order valence-electron chi connectivity index (χ2n) is 5.17. The number of hydrogen-bond donors (Lipinski definition) is 1. The Bertz CT molecular complexity index is 296. The van der Waals surface area contributed by atoms with Gasteiger partial charge in [-0.1, -0.05) is 20.8 Å². The molecule has 1 unspecified atom stereocenters. The largest absolute Gasteiger partial charge is 0.310 e. The van der Waals surface area contributed by atoms with Crippen molar-refractivity contribution in [2.24, 2.45) is 5.41 Å². The van der Waals surface area contributed by atoms with E-state index < -0.39 is 0 Å². The molecule has 1 atom stereocenters. The number of aromatic nitrogens is 2.